The SMILES string of the molecule is CC(=O)N[C@@H](CC(=O)Nc1ccc(S(C)(=O)=O)cc1)c1ccc(Cl)cc1. The van der Waals surface area contributed by atoms with Crippen LogP contribution in [0.3, 0.4) is 0 Å². The van der Waals surface area contributed by atoms with Gasteiger partial charge < -0.3 is 10.6 Å². The van der Waals surface area contributed by atoms with Crippen LogP contribution in [0.1, 0.15) is 24.9 Å². The fourth-order valence-electron chi connectivity index (χ4n) is 2.38. The first kappa shape index (κ1) is 19.9. The molecule has 0 heterocycles. The number of nitrogens with one attached hydrogen (secondary N) is 2. The average Bonchev–Trinajstić information content (AvgIpc) is 2.54. The molecule has 0 aromatic heterocycles. The van der Waals surface area contributed by atoms with Crippen molar-refractivity contribution in [3.8, 4) is 0 Å². The Bertz CT molecular complexity index is 894. The van der Waals surface area contributed by atoms with Gasteiger partial charge in [0.2, 0.25) is 11.8 Å². The molecular formula is C18H19ClN2O4S. The normalized spacial score (nSPS) is 12.3. The second kappa shape index (κ2) is 8.33. The molecule has 2 aromatic carbocycles. The van der Waals surface area contributed by atoms with Crippen LogP contribution in [0, 0.1) is 0 Å². The maximum atomic E-state index is 12.3. The molecule has 2 N–H and O–H groups in total. The van der Waals surface area contributed by atoms with Crippen molar-refractivity contribution >= 4 is 38.9 Å². The fraction of sp³-hybridized carbons (Fsp3) is 0.222. The van der Waals surface area contributed by atoms with Crippen LogP contribution >= 0.6 is 11.6 Å². The highest BCUT2D eigenvalue weighted by atomic mass is 35.5. The summed E-state index contributed by atoms with van der Waals surface area (Å²) in [4.78, 5) is 23.9. The van der Waals surface area contributed by atoms with Crippen LogP contribution in [0.5, 0.6) is 0 Å². The summed E-state index contributed by atoms with van der Waals surface area (Å²) in [5.74, 6) is -0.568. The summed E-state index contributed by atoms with van der Waals surface area (Å²) in [5, 5.41) is 5.99. The van der Waals surface area contributed by atoms with Gasteiger partial charge in [-0.15, -0.1) is 0 Å². The second-order valence-corrected chi connectivity index (χ2v) is 8.31. The first-order chi connectivity index (χ1) is 12.1. The smallest absolute Gasteiger partial charge is 0.226 e. The molecule has 0 radical (unpaired) electrons. The number of sulfone groups is 1. The van der Waals surface area contributed by atoms with Crippen LogP contribution in [0.2, 0.25) is 5.02 Å². The van der Waals surface area contributed by atoms with E-state index in [1.807, 2.05) is 0 Å². The van der Waals surface area contributed by atoms with E-state index in [2.05, 4.69) is 10.6 Å². The quantitative estimate of drug-likeness (QED) is 0.787. The summed E-state index contributed by atoms with van der Waals surface area (Å²) in [5.41, 5.74) is 1.23. The van der Waals surface area contributed by atoms with Crippen LogP contribution in [0.25, 0.3) is 0 Å². The predicted molar refractivity (Wildman–Crippen MR) is 101 cm³/mol. The summed E-state index contributed by atoms with van der Waals surface area (Å²) >= 11 is 5.87. The van der Waals surface area contributed by atoms with Gasteiger partial charge in [-0.3, -0.25) is 9.59 Å². The largest absolute Gasteiger partial charge is 0.349 e. The first-order valence-electron chi connectivity index (χ1n) is 7.77. The van der Waals surface area contributed by atoms with Gasteiger partial charge in [-0.1, -0.05) is 23.7 Å². The molecule has 2 rings (SSSR count). The Kier molecular flexibility index (Phi) is 6.39. The molecule has 0 unspecified atom stereocenters. The maximum absolute atomic E-state index is 12.3. The van der Waals surface area contributed by atoms with Crippen molar-refractivity contribution in [2.75, 3.05) is 11.6 Å². The Morgan fingerprint density at radius 3 is 2.12 bits per heavy atom. The van der Waals surface area contributed by atoms with Crippen LogP contribution in [-0.2, 0) is 19.4 Å². The molecule has 2 amide bonds. The highest BCUT2D eigenvalue weighted by Crippen LogP contribution is 2.21. The maximum Gasteiger partial charge on any atom is 0.226 e. The van der Waals surface area contributed by atoms with Crippen molar-refractivity contribution in [1.29, 1.82) is 0 Å². The van der Waals surface area contributed by atoms with E-state index < -0.39 is 15.9 Å². The van der Waals surface area contributed by atoms with Crippen molar-refractivity contribution in [2.24, 2.45) is 0 Å². The van der Waals surface area contributed by atoms with Crippen molar-refractivity contribution in [3.63, 3.8) is 0 Å². The number of carbonyl (C=O) groups excluding carboxylic acids is 2. The van der Waals surface area contributed by atoms with E-state index in [1.165, 1.54) is 31.2 Å². The van der Waals surface area contributed by atoms with Crippen molar-refractivity contribution in [2.45, 2.75) is 24.3 Å². The van der Waals surface area contributed by atoms with Crippen LogP contribution in [-0.4, -0.2) is 26.5 Å². The lowest BCUT2D eigenvalue weighted by Crippen LogP contribution is -2.29. The van der Waals surface area contributed by atoms with E-state index in [4.69, 9.17) is 11.6 Å². The highest BCUT2D eigenvalue weighted by Gasteiger charge is 2.17. The minimum absolute atomic E-state index is 0.0229. The van der Waals surface area contributed by atoms with E-state index in [1.54, 1.807) is 24.3 Å². The van der Waals surface area contributed by atoms with Crippen LogP contribution < -0.4 is 10.6 Å². The van der Waals surface area contributed by atoms with Gasteiger partial charge in [-0.05, 0) is 42.0 Å². The molecule has 0 fully saturated rings. The topological polar surface area (TPSA) is 92.3 Å². The van der Waals surface area contributed by atoms with Crippen molar-refractivity contribution < 1.29 is 18.0 Å². The van der Waals surface area contributed by atoms with Crippen molar-refractivity contribution in [1.82, 2.24) is 5.32 Å². The summed E-state index contributed by atoms with van der Waals surface area (Å²) < 4.78 is 22.9. The Balaban J connectivity index is 2.09. The zero-order valence-corrected chi connectivity index (χ0v) is 15.9. The second-order valence-electron chi connectivity index (χ2n) is 5.85. The van der Waals surface area contributed by atoms with Gasteiger partial charge in [0.05, 0.1) is 17.4 Å². The summed E-state index contributed by atoms with van der Waals surface area (Å²) in [7, 11) is -3.29. The zero-order valence-electron chi connectivity index (χ0n) is 14.3. The standard InChI is InChI=1S/C18H19ClN2O4S/c1-12(22)20-17(13-3-5-14(19)6-4-13)11-18(23)21-15-7-9-16(10-8-15)26(2,24)25/h3-10,17H,11H2,1-2H3,(H,20,22)(H,21,23)/t17-/m0/s1. The summed E-state index contributed by atoms with van der Waals surface area (Å²) in [6.07, 6.45) is 1.14. The molecule has 6 nitrogen and oxygen atoms in total. The third-order valence-electron chi connectivity index (χ3n) is 3.61. The van der Waals surface area contributed by atoms with E-state index in [0.717, 1.165) is 11.8 Å². The minimum Gasteiger partial charge on any atom is -0.349 e. The fourth-order valence-corrected chi connectivity index (χ4v) is 3.13. The molecule has 26 heavy (non-hydrogen) atoms. The summed E-state index contributed by atoms with van der Waals surface area (Å²) in [6.45, 7) is 1.38. The molecular weight excluding hydrogens is 376 g/mol. The number of anilines is 1. The molecule has 0 saturated heterocycles. The third kappa shape index (κ3) is 5.86. The molecule has 0 aliphatic rings. The van der Waals surface area contributed by atoms with Gasteiger partial charge in [-0.25, -0.2) is 8.42 Å². The molecule has 0 bridgehead atoms. The molecule has 0 saturated carbocycles. The van der Waals surface area contributed by atoms with Gasteiger partial charge in [0, 0.05) is 23.9 Å². The molecule has 0 aliphatic carbocycles. The number of rotatable bonds is 6. The first-order valence-corrected chi connectivity index (χ1v) is 10.0. The lowest BCUT2D eigenvalue weighted by Gasteiger charge is -2.18. The Morgan fingerprint density at radius 1 is 1.04 bits per heavy atom. The number of hydrogen-bond donors (Lipinski definition) is 2. The van der Waals surface area contributed by atoms with Gasteiger partial charge >= 0.3 is 0 Å². The van der Waals surface area contributed by atoms with Gasteiger partial charge in [0.15, 0.2) is 9.84 Å². The molecule has 2 aromatic rings. The average molecular weight is 395 g/mol. The molecule has 1 atom stereocenters. The van der Waals surface area contributed by atoms with Gasteiger partial charge in [-0.2, -0.15) is 0 Å². The number of carbonyl (C=O) groups is 2. The minimum atomic E-state index is -3.29. The Morgan fingerprint density at radius 2 is 1.62 bits per heavy atom. The van der Waals surface area contributed by atoms with Crippen LogP contribution in [0.4, 0.5) is 5.69 Å². The lowest BCUT2D eigenvalue weighted by molar-refractivity contribution is -0.120. The molecule has 0 spiro atoms. The third-order valence-corrected chi connectivity index (χ3v) is 4.99. The number of hydrogen-bond acceptors (Lipinski definition) is 4. The van der Waals surface area contributed by atoms with E-state index in [-0.39, 0.29) is 23.1 Å². The number of amides is 2. The van der Waals surface area contributed by atoms with E-state index in [0.29, 0.717) is 10.7 Å². The van der Waals surface area contributed by atoms with E-state index >= 15 is 0 Å². The molecule has 8 heteroatoms. The Hall–Kier alpha value is -2.38. The Labute approximate surface area is 157 Å². The monoisotopic (exact) mass is 394 g/mol. The highest BCUT2D eigenvalue weighted by molar-refractivity contribution is 7.90. The lowest BCUT2D eigenvalue weighted by atomic mass is 10.0. The molecule has 138 valence electrons. The predicted octanol–water partition coefficient (Wildman–Crippen LogP) is 2.95. The zero-order chi connectivity index (χ0) is 19.3. The number of benzene rings is 2. The van der Waals surface area contributed by atoms with Gasteiger partial charge in [0.25, 0.3) is 0 Å². The van der Waals surface area contributed by atoms with Crippen LogP contribution in [0.15, 0.2) is 53.4 Å². The summed E-state index contributed by atoms with van der Waals surface area (Å²) in [6, 6.07) is 12.3. The van der Waals surface area contributed by atoms with Crippen molar-refractivity contribution in [3.05, 3.63) is 59.1 Å². The number of halogens is 1. The van der Waals surface area contributed by atoms with E-state index in [9.17, 15) is 18.0 Å². The molecule has 0 aliphatic heterocycles. The van der Waals surface area contributed by atoms with Gasteiger partial charge in [0.1, 0.15) is 0 Å².